The standard InChI is InChI=1S/C6H4BrIN4/c7-4-3-5(9)10-1-2-12(3)6(8)11-4/h1-2H,(H2,9,10). The molecule has 0 unspecified atom stereocenters. The molecule has 0 bridgehead atoms. The summed E-state index contributed by atoms with van der Waals surface area (Å²) in [6, 6.07) is 0. The van der Waals surface area contributed by atoms with Crippen LogP contribution in [0.3, 0.4) is 0 Å². The van der Waals surface area contributed by atoms with Crippen LogP contribution in [0.15, 0.2) is 17.0 Å². The van der Waals surface area contributed by atoms with E-state index >= 15 is 0 Å². The molecule has 0 amide bonds. The highest BCUT2D eigenvalue weighted by molar-refractivity contribution is 14.1. The number of hydrogen-bond donors (Lipinski definition) is 1. The Kier molecular flexibility index (Phi) is 1.95. The van der Waals surface area contributed by atoms with E-state index in [4.69, 9.17) is 5.73 Å². The molecule has 0 aromatic carbocycles. The van der Waals surface area contributed by atoms with Crippen LogP contribution in [-0.4, -0.2) is 14.4 Å². The van der Waals surface area contributed by atoms with E-state index < -0.39 is 0 Å². The molecule has 4 nitrogen and oxygen atoms in total. The van der Waals surface area contributed by atoms with Crippen LogP contribution in [0.2, 0.25) is 0 Å². The van der Waals surface area contributed by atoms with Crippen molar-refractivity contribution in [1.29, 1.82) is 0 Å². The van der Waals surface area contributed by atoms with Crippen molar-refractivity contribution in [2.45, 2.75) is 0 Å². The van der Waals surface area contributed by atoms with Crippen LogP contribution in [0.25, 0.3) is 5.52 Å². The minimum absolute atomic E-state index is 0.486. The molecule has 2 rings (SSSR count). The Bertz CT molecular complexity index is 438. The van der Waals surface area contributed by atoms with E-state index in [1.165, 1.54) is 0 Å². The van der Waals surface area contributed by atoms with Crippen molar-refractivity contribution in [3.8, 4) is 0 Å². The van der Waals surface area contributed by atoms with Crippen molar-refractivity contribution >= 4 is 49.9 Å². The number of hydrogen-bond acceptors (Lipinski definition) is 3. The van der Waals surface area contributed by atoms with Crippen LogP contribution in [0.1, 0.15) is 0 Å². The molecule has 12 heavy (non-hydrogen) atoms. The Morgan fingerprint density at radius 1 is 1.58 bits per heavy atom. The number of nitrogens with zero attached hydrogens (tertiary/aromatic N) is 3. The molecule has 6 heteroatoms. The maximum absolute atomic E-state index is 5.67. The number of anilines is 1. The third-order valence-corrected chi connectivity index (χ3v) is 2.81. The summed E-state index contributed by atoms with van der Waals surface area (Å²) in [4.78, 5) is 8.16. The molecule has 0 fully saturated rings. The zero-order valence-corrected chi connectivity index (χ0v) is 9.57. The van der Waals surface area contributed by atoms with Crippen molar-refractivity contribution in [2.24, 2.45) is 0 Å². The molecular weight excluding hydrogens is 335 g/mol. The third-order valence-electron chi connectivity index (χ3n) is 1.50. The molecule has 2 N–H and O–H groups in total. The molecular formula is C6H4BrIN4. The first-order valence-electron chi connectivity index (χ1n) is 3.13. The fourth-order valence-electron chi connectivity index (χ4n) is 0.986. The van der Waals surface area contributed by atoms with Gasteiger partial charge in [0.15, 0.2) is 9.65 Å². The van der Waals surface area contributed by atoms with Crippen LogP contribution >= 0.6 is 38.5 Å². The van der Waals surface area contributed by atoms with Gasteiger partial charge >= 0.3 is 0 Å². The van der Waals surface area contributed by atoms with Gasteiger partial charge in [0.05, 0.1) is 0 Å². The Morgan fingerprint density at radius 2 is 2.33 bits per heavy atom. The number of nitrogen functional groups attached to an aromatic ring is 1. The molecule has 0 aliphatic heterocycles. The molecule has 0 saturated heterocycles. The van der Waals surface area contributed by atoms with Gasteiger partial charge in [0.2, 0.25) is 0 Å². The molecule has 0 atom stereocenters. The van der Waals surface area contributed by atoms with Crippen molar-refractivity contribution in [1.82, 2.24) is 14.4 Å². The largest absolute Gasteiger partial charge is 0.382 e. The highest BCUT2D eigenvalue weighted by Crippen LogP contribution is 2.22. The van der Waals surface area contributed by atoms with Gasteiger partial charge in [-0.3, -0.25) is 4.40 Å². The van der Waals surface area contributed by atoms with Crippen molar-refractivity contribution in [3.05, 3.63) is 20.8 Å². The summed E-state index contributed by atoms with van der Waals surface area (Å²) < 4.78 is 3.48. The molecule has 0 aliphatic rings. The lowest BCUT2D eigenvalue weighted by molar-refractivity contribution is 1.07. The normalized spacial score (nSPS) is 10.8. The fraction of sp³-hybridized carbons (Fsp3) is 0. The predicted molar refractivity (Wildman–Crippen MR) is 57.8 cm³/mol. The molecule has 0 spiro atoms. The summed E-state index contributed by atoms with van der Waals surface area (Å²) >= 11 is 5.45. The molecule has 62 valence electrons. The first kappa shape index (κ1) is 8.24. The van der Waals surface area contributed by atoms with Gasteiger partial charge in [0.25, 0.3) is 0 Å². The average molecular weight is 339 g/mol. The summed E-state index contributed by atoms with van der Waals surface area (Å²) in [6.07, 6.45) is 3.48. The third kappa shape index (κ3) is 1.09. The topological polar surface area (TPSA) is 56.2 Å². The van der Waals surface area contributed by atoms with E-state index in [0.717, 1.165) is 14.0 Å². The minimum Gasteiger partial charge on any atom is -0.382 e. The predicted octanol–water partition coefficient (Wildman–Crippen LogP) is 1.68. The summed E-state index contributed by atoms with van der Waals surface area (Å²) in [5, 5.41) is 0. The zero-order chi connectivity index (χ0) is 8.72. The van der Waals surface area contributed by atoms with E-state index in [1.807, 2.05) is 10.6 Å². The van der Waals surface area contributed by atoms with Gasteiger partial charge < -0.3 is 5.73 Å². The summed E-state index contributed by atoms with van der Waals surface area (Å²) in [7, 11) is 0. The van der Waals surface area contributed by atoms with Gasteiger partial charge in [0.1, 0.15) is 10.1 Å². The first-order valence-corrected chi connectivity index (χ1v) is 5.01. The van der Waals surface area contributed by atoms with E-state index in [0.29, 0.717) is 5.82 Å². The number of nitrogens with two attached hydrogens (primary N) is 1. The van der Waals surface area contributed by atoms with Gasteiger partial charge in [-0.1, -0.05) is 0 Å². The minimum atomic E-state index is 0.486. The van der Waals surface area contributed by atoms with Crippen LogP contribution < -0.4 is 5.73 Å². The quantitative estimate of drug-likeness (QED) is 0.743. The van der Waals surface area contributed by atoms with E-state index in [-0.39, 0.29) is 0 Å². The van der Waals surface area contributed by atoms with Crippen molar-refractivity contribution in [3.63, 3.8) is 0 Å². The lowest BCUT2D eigenvalue weighted by Gasteiger charge is -1.96. The lowest BCUT2D eigenvalue weighted by atomic mass is 10.5. The molecule has 2 heterocycles. The maximum Gasteiger partial charge on any atom is 0.177 e. The van der Waals surface area contributed by atoms with Crippen LogP contribution in [-0.2, 0) is 0 Å². The number of imidazole rings is 1. The van der Waals surface area contributed by atoms with Crippen molar-refractivity contribution in [2.75, 3.05) is 5.73 Å². The number of aromatic nitrogens is 3. The molecule has 2 aromatic rings. The van der Waals surface area contributed by atoms with Crippen molar-refractivity contribution < 1.29 is 0 Å². The number of fused-ring (bicyclic) bond motifs is 1. The van der Waals surface area contributed by atoms with Crippen LogP contribution in [0.4, 0.5) is 5.82 Å². The second kappa shape index (κ2) is 2.84. The SMILES string of the molecule is Nc1nccn2c(I)nc(Br)c12. The number of rotatable bonds is 0. The zero-order valence-electron chi connectivity index (χ0n) is 5.83. The monoisotopic (exact) mass is 338 g/mol. The first-order chi connectivity index (χ1) is 5.70. The highest BCUT2D eigenvalue weighted by Gasteiger charge is 2.08. The Balaban J connectivity index is 2.99. The average Bonchev–Trinajstić information content (AvgIpc) is 2.29. The fourth-order valence-corrected chi connectivity index (χ4v) is 2.52. The lowest BCUT2D eigenvalue weighted by Crippen LogP contribution is -1.95. The summed E-state index contributed by atoms with van der Waals surface area (Å²) in [5.74, 6) is 0.486. The maximum atomic E-state index is 5.67. The smallest absolute Gasteiger partial charge is 0.177 e. The summed E-state index contributed by atoms with van der Waals surface area (Å²) in [5.41, 5.74) is 6.49. The highest BCUT2D eigenvalue weighted by atomic mass is 127. The van der Waals surface area contributed by atoms with Gasteiger partial charge in [-0.25, -0.2) is 9.97 Å². The van der Waals surface area contributed by atoms with E-state index in [2.05, 4.69) is 48.5 Å². The van der Waals surface area contributed by atoms with Gasteiger partial charge in [-0.15, -0.1) is 0 Å². The van der Waals surface area contributed by atoms with E-state index in [9.17, 15) is 0 Å². The van der Waals surface area contributed by atoms with E-state index in [1.54, 1.807) is 6.20 Å². The molecule has 2 aromatic heterocycles. The summed E-state index contributed by atoms with van der Waals surface area (Å²) in [6.45, 7) is 0. The van der Waals surface area contributed by atoms with Gasteiger partial charge in [0, 0.05) is 35.0 Å². The van der Waals surface area contributed by atoms with Gasteiger partial charge in [-0.05, 0) is 15.9 Å². The Morgan fingerprint density at radius 3 is 3.00 bits per heavy atom. The molecule has 0 radical (unpaired) electrons. The second-order valence-electron chi connectivity index (χ2n) is 2.20. The Hall–Kier alpha value is -0.370. The number of halogens is 2. The molecule has 0 saturated carbocycles. The molecule has 0 aliphatic carbocycles. The Labute approximate surface area is 90.5 Å². The van der Waals surface area contributed by atoms with Crippen LogP contribution in [0.5, 0.6) is 0 Å². The van der Waals surface area contributed by atoms with Crippen LogP contribution in [0, 0.1) is 3.83 Å². The second-order valence-corrected chi connectivity index (χ2v) is 3.92. The van der Waals surface area contributed by atoms with Gasteiger partial charge in [-0.2, -0.15) is 0 Å².